The third-order valence-electron chi connectivity index (χ3n) is 6.10. The fraction of sp³-hybridized carbons (Fsp3) is 0.526. The summed E-state index contributed by atoms with van der Waals surface area (Å²) in [6, 6.07) is 8.78. The van der Waals surface area contributed by atoms with E-state index < -0.39 is 6.04 Å². The van der Waals surface area contributed by atoms with Gasteiger partial charge >= 0.3 is 0 Å². The summed E-state index contributed by atoms with van der Waals surface area (Å²) >= 11 is 7.35. The summed E-state index contributed by atoms with van der Waals surface area (Å²) in [7, 11) is 0. The number of nitrogens with zero attached hydrogens (tertiary/aromatic N) is 1. The predicted molar refractivity (Wildman–Crippen MR) is 104 cm³/mol. The van der Waals surface area contributed by atoms with Gasteiger partial charge in [0, 0.05) is 16.2 Å². The zero-order chi connectivity index (χ0) is 18.6. The van der Waals surface area contributed by atoms with Crippen LogP contribution >= 0.6 is 31.9 Å². The van der Waals surface area contributed by atoms with Crippen LogP contribution in [0.5, 0.6) is 0 Å². The van der Waals surface area contributed by atoms with Crippen LogP contribution in [0.2, 0.25) is 0 Å². The number of likely N-dealkylation sites (tertiary alicyclic amines) is 1. The largest absolute Gasteiger partial charge is 0.350 e. The van der Waals surface area contributed by atoms with Crippen molar-refractivity contribution in [3.05, 3.63) is 35.9 Å². The van der Waals surface area contributed by atoms with Crippen molar-refractivity contribution in [3.63, 3.8) is 0 Å². The predicted octanol–water partition coefficient (Wildman–Crippen LogP) is 2.47. The maximum Gasteiger partial charge on any atom is 0.243 e. The molecule has 138 valence electrons. The fourth-order valence-electron chi connectivity index (χ4n) is 4.80. The molecule has 0 spiro atoms. The van der Waals surface area contributed by atoms with E-state index in [0.29, 0.717) is 6.54 Å². The van der Waals surface area contributed by atoms with Gasteiger partial charge in [0.25, 0.3) is 0 Å². The third kappa shape index (κ3) is 2.66. The van der Waals surface area contributed by atoms with E-state index in [2.05, 4.69) is 37.2 Å². The van der Waals surface area contributed by atoms with Crippen molar-refractivity contribution in [2.75, 3.05) is 0 Å². The smallest absolute Gasteiger partial charge is 0.243 e. The Labute approximate surface area is 169 Å². The summed E-state index contributed by atoms with van der Waals surface area (Å²) in [5.41, 5.74) is 0.978. The average molecular weight is 484 g/mol. The van der Waals surface area contributed by atoms with Crippen LogP contribution in [0.3, 0.4) is 0 Å². The summed E-state index contributed by atoms with van der Waals surface area (Å²) in [6.45, 7) is 2.02. The number of halogens is 2. The molecule has 1 aromatic rings. The topological polar surface area (TPSA) is 66.5 Å². The Hall–Kier alpha value is -1.21. The second kappa shape index (κ2) is 6.75. The minimum atomic E-state index is -0.786. The molecule has 5 nitrogen and oxygen atoms in total. The molecular weight excluding hydrogens is 464 g/mol. The van der Waals surface area contributed by atoms with E-state index in [-0.39, 0.29) is 51.0 Å². The summed E-state index contributed by atoms with van der Waals surface area (Å²) in [5.74, 6) is -0.901. The molecule has 0 unspecified atom stereocenters. The first kappa shape index (κ1) is 18.2. The number of carbonyl (C=O) groups excluding carboxylic acids is 3. The van der Waals surface area contributed by atoms with Gasteiger partial charge in [0.15, 0.2) is 0 Å². The lowest BCUT2D eigenvalue weighted by Gasteiger charge is -2.28. The Kier molecular flexibility index (Phi) is 4.72. The molecule has 3 aliphatic rings. The van der Waals surface area contributed by atoms with Crippen molar-refractivity contribution in [1.82, 2.24) is 10.2 Å². The minimum Gasteiger partial charge on any atom is -0.350 e. The molecule has 7 atom stereocenters. The summed E-state index contributed by atoms with van der Waals surface area (Å²) in [6.07, 6.45) is 0.890. The van der Waals surface area contributed by atoms with Gasteiger partial charge in [0.2, 0.25) is 17.7 Å². The molecule has 7 heteroatoms. The van der Waals surface area contributed by atoms with E-state index in [0.717, 1.165) is 12.0 Å². The Bertz CT molecular complexity index is 724. The summed E-state index contributed by atoms with van der Waals surface area (Å²) in [4.78, 5) is 40.1. The Morgan fingerprint density at radius 2 is 1.65 bits per heavy atom. The first-order chi connectivity index (χ1) is 12.4. The normalized spacial score (nSPS) is 36.3. The van der Waals surface area contributed by atoms with E-state index in [4.69, 9.17) is 0 Å². The highest BCUT2D eigenvalue weighted by Crippen LogP contribution is 2.60. The Morgan fingerprint density at radius 3 is 2.19 bits per heavy atom. The number of nitrogens with one attached hydrogen (secondary N) is 1. The van der Waals surface area contributed by atoms with Crippen LogP contribution in [-0.2, 0) is 20.9 Å². The molecule has 0 aromatic heterocycles. The first-order valence-electron chi connectivity index (χ1n) is 8.88. The molecule has 4 rings (SSSR count). The second-order valence-corrected chi connectivity index (χ2v) is 9.54. The second-order valence-electron chi connectivity index (χ2n) is 7.43. The molecular formula is C19H20Br2N2O3. The van der Waals surface area contributed by atoms with E-state index in [1.54, 1.807) is 6.92 Å². The molecule has 26 heavy (non-hydrogen) atoms. The van der Waals surface area contributed by atoms with Crippen molar-refractivity contribution in [3.8, 4) is 0 Å². The molecule has 2 bridgehead atoms. The fourth-order valence-corrected chi connectivity index (χ4v) is 6.68. The van der Waals surface area contributed by atoms with Crippen LogP contribution in [0.15, 0.2) is 30.3 Å². The summed E-state index contributed by atoms with van der Waals surface area (Å²) < 4.78 is 0. The molecule has 1 saturated heterocycles. The van der Waals surface area contributed by atoms with Gasteiger partial charge in [-0.3, -0.25) is 19.3 Å². The van der Waals surface area contributed by atoms with E-state index in [1.807, 2.05) is 30.3 Å². The minimum absolute atomic E-state index is 0.162. The van der Waals surface area contributed by atoms with Gasteiger partial charge in [-0.1, -0.05) is 62.2 Å². The molecule has 2 saturated carbocycles. The van der Waals surface area contributed by atoms with Crippen LogP contribution in [0, 0.1) is 23.7 Å². The summed E-state index contributed by atoms with van der Waals surface area (Å²) in [5, 5.41) is 2.83. The van der Waals surface area contributed by atoms with Gasteiger partial charge in [-0.25, -0.2) is 0 Å². The van der Waals surface area contributed by atoms with Gasteiger partial charge in [-0.2, -0.15) is 0 Å². The lowest BCUT2D eigenvalue weighted by molar-refractivity contribution is -0.148. The molecule has 0 radical (unpaired) electrons. The van der Waals surface area contributed by atoms with Gasteiger partial charge < -0.3 is 5.32 Å². The Morgan fingerprint density at radius 1 is 1.12 bits per heavy atom. The highest BCUT2D eigenvalue weighted by Gasteiger charge is 2.67. The lowest BCUT2D eigenvalue weighted by atomic mass is 9.81. The van der Waals surface area contributed by atoms with Crippen LogP contribution in [0.4, 0.5) is 0 Å². The number of hydrogen-bond acceptors (Lipinski definition) is 3. The van der Waals surface area contributed by atoms with Crippen molar-refractivity contribution in [2.24, 2.45) is 23.7 Å². The van der Waals surface area contributed by atoms with Gasteiger partial charge in [0.1, 0.15) is 6.04 Å². The molecule has 1 N–H and O–H groups in total. The number of fused-ring (bicyclic) bond motifs is 5. The molecule has 3 amide bonds. The highest BCUT2D eigenvalue weighted by atomic mass is 79.9. The number of imide groups is 1. The first-order valence-corrected chi connectivity index (χ1v) is 10.7. The van der Waals surface area contributed by atoms with Crippen LogP contribution < -0.4 is 5.32 Å². The van der Waals surface area contributed by atoms with Gasteiger partial charge in [-0.05, 0) is 30.7 Å². The van der Waals surface area contributed by atoms with E-state index in [1.165, 1.54) is 4.90 Å². The lowest BCUT2D eigenvalue weighted by Crippen LogP contribution is -2.48. The van der Waals surface area contributed by atoms with Crippen molar-refractivity contribution >= 4 is 49.6 Å². The molecule has 3 fully saturated rings. The van der Waals surface area contributed by atoms with Crippen molar-refractivity contribution in [1.29, 1.82) is 0 Å². The molecule has 2 aliphatic carbocycles. The maximum atomic E-state index is 12.9. The van der Waals surface area contributed by atoms with Crippen LogP contribution in [-0.4, -0.2) is 38.3 Å². The quantitative estimate of drug-likeness (QED) is 0.528. The van der Waals surface area contributed by atoms with E-state index >= 15 is 0 Å². The van der Waals surface area contributed by atoms with E-state index in [9.17, 15) is 14.4 Å². The van der Waals surface area contributed by atoms with Gasteiger partial charge in [-0.15, -0.1) is 0 Å². The number of carbonyl (C=O) groups is 3. The number of benzene rings is 1. The van der Waals surface area contributed by atoms with Crippen LogP contribution in [0.1, 0.15) is 18.9 Å². The number of amides is 3. The molecule has 1 heterocycles. The van der Waals surface area contributed by atoms with Gasteiger partial charge in [0.05, 0.1) is 11.8 Å². The van der Waals surface area contributed by atoms with Crippen LogP contribution in [0.25, 0.3) is 0 Å². The molecule has 1 aromatic carbocycles. The number of alkyl halides is 2. The van der Waals surface area contributed by atoms with Crippen molar-refractivity contribution < 1.29 is 14.4 Å². The number of hydrogen-bond donors (Lipinski definition) is 1. The average Bonchev–Trinajstić information content (AvgIpc) is 3.25. The Balaban J connectivity index is 1.47. The zero-order valence-electron chi connectivity index (χ0n) is 14.3. The molecule has 1 aliphatic heterocycles. The van der Waals surface area contributed by atoms with Crippen molar-refractivity contribution in [2.45, 2.75) is 35.6 Å². The number of rotatable bonds is 4. The monoisotopic (exact) mass is 482 g/mol. The standard InChI is InChI=1S/C19H20Br2N2O3/c1-9(17(24)22-8-10-5-3-2-4-6-10)23-18(25)13-11-7-12(14(13)19(23)26)16(21)15(11)20/h2-6,9,11-16H,7-8H2,1H3,(H,22,24)/t9-,11-,12-,13-,14+,15-,16+/m1/s1. The third-order valence-corrected chi connectivity index (χ3v) is 9.30. The zero-order valence-corrected chi connectivity index (χ0v) is 17.4. The maximum absolute atomic E-state index is 12.9. The SMILES string of the molecule is C[C@H](C(=O)NCc1ccccc1)N1C(=O)[C@@H]2[C@H]3C[C@@H]([C@H](Br)[C@@H]3Br)[C@@H]2C1=O. The highest BCUT2D eigenvalue weighted by molar-refractivity contribution is 9.12.